The normalized spacial score (nSPS) is 18.1. The fourth-order valence-corrected chi connectivity index (χ4v) is 3.61. The van der Waals surface area contributed by atoms with Crippen LogP contribution in [0, 0.1) is 6.92 Å². The maximum atomic E-state index is 4.55. The van der Waals surface area contributed by atoms with Gasteiger partial charge in [0.25, 0.3) is 0 Å². The summed E-state index contributed by atoms with van der Waals surface area (Å²) in [7, 11) is 0. The first-order valence-corrected chi connectivity index (χ1v) is 7.69. The molecule has 98 valence electrons. The molecule has 0 saturated heterocycles. The second-order valence-electron chi connectivity index (χ2n) is 4.88. The topological polar surface area (TPSA) is 24.9 Å². The lowest BCUT2D eigenvalue weighted by Gasteiger charge is -2.25. The first-order chi connectivity index (χ1) is 9.33. The van der Waals surface area contributed by atoms with Gasteiger partial charge in [-0.2, -0.15) is 0 Å². The van der Waals surface area contributed by atoms with Crippen LogP contribution in [-0.2, 0) is 6.54 Å². The molecule has 19 heavy (non-hydrogen) atoms. The molecular formula is C16H18N2S. The lowest BCUT2D eigenvalue weighted by atomic mass is 10.0. The number of fused-ring (bicyclic) bond motifs is 1. The van der Waals surface area contributed by atoms with Gasteiger partial charge in [0.1, 0.15) is 0 Å². The number of hydrogen-bond donors (Lipinski definition) is 1. The molecule has 1 aliphatic rings. The Balaban J connectivity index is 1.71. The van der Waals surface area contributed by atoms with E-state index in [1.165, 1.54) is 22.6 Å². The fraction of sp³-hybridized carbons (Fsp3) is 0.312. The van der Waals surface area contributed by atoms with Gasteiger partial charge in [-0.25, -0.2) is 0 Å². The molecule has 1 aromatic heterocycles. The number of pyridine rings is 1. The monoisotopic (exact) mass is 270 g/mol. The Labute approximate surface area is 118 Å². The third kappa shape index (κ3) is 2.99. The van der Waals surface area contributed by atoms with Crippen molar-refractivity contribution in [2.24, 2.45) is 0 Å². The van der Waals surface area contributed by atoms with Gasteiger partial charge in [-0.1, -0.05) is 24.3 Å². The van der Waals surface area contributed by atoms with Gasteiger partial charge in [0.15, 0.2) is 0 Å². The minimum atomic E-state index is 0.458. The Bertz CT molecular complexity index is 568. The number of aryl methyl sites for hydroxylation is 1. The zero-order valence-corrected chi connectivity index (χ0v) is 11.9. The average molecular weight is 270 g/mol. The molecule has 0 radical (unpaired) electrons. The summed E-state index contributed by atoms with van der Waals surface area (Å²) >= 11 is 1.96. The van der Waals surface area contributed by atoms with Crippen molar-refractivity contribution in [3.63, 3.8) is 0 Å². The van der Waals surface area contributed by atoms with Crippen LogP contribution in [0.4, 0.5) is 0 Å². The second kappa shape index (κ2) is 5.76. The maximum Gasteiger partial charge on any atom is 0.0545 e. The zero-order chi connectivity index (χ0) is 13.1. The first kappa shape index (κ1) is 12.7. The van der Waals surface area contributed by atoms with Crippen LogP contribution in [0.3, 0.4) is 0 Å². The van der Waals surface area contributed by atoms with E-state index in [2.05, 4.69) is 46.7 Å². The summed E-state index contributed by atoms with van der Waals surface area (Å²) in [5, 5.41) is 3.65. The van der Waals surface area contributed by atoms with Crippen LogP contribution in [0.5, 0.6) is 0 Å². The summed E-state index contributed by atoms with van der Waals surface area (Å²) in [5.74, 6) is 1.19. The van der Waals surface area contributed by atoms with Gasteiger partial charge in [0.05, 0.1) is 5.69 Å². The van der Waals surface area contributed by atoms with E-state index in [-0.39, 0.29) is 0 Å². The van der Waals surface area contributed by atoms with Crippen molar-refractivity contribution >= 4 is 11.8 Å². The number of aromatic nitrogens is 1. The van der Waals surface area contributed by atoms with Crippen LogP contribution in [-0.4, -0.2) is 10.7 Å². The summed E-state index contributed by atoms with van der Waals surface area (Å²) in [6, 6.07) is 15.4. The van der Waals surface area contributed by atoms with Crippen LogP contribution in [0.25, 0.3) is 0 Å². The molecule has 1 unspecified atom stereocenters. The summed E-state index contributed by atoms with van der Waals surface area (Å²) < 4.78 is 0. The van der Waals surface area contributed by atoms with Crippen molar-refractivity contribution in [2.45, 2.75) is 30.8 Å². The van der Waals surface area contributed by atoms with E-state index >= 15 is 0 Å². The molecule has 0 spiro atoms. The molecule has 1 atom stereocenters. The summed E-state index contributed by atoms with van der Waals surface area (Å²) in [6.07, 6.45) is 1.19. The standard InChI is InChI=1S/C16H18N2S/c1-12-5-4-6-13(18-12)11-17-15-9-10-19-16-8-3-2-7-14(15)16/h2-8,15,17H,9-11H2,1H3. The van der Waals surface area contributed by atoms with E-state index in [9.17, 15) is 0 Å². The minimum Gasteiger partial charge on any atom is -0.304 e. The van der Waals surface area contributed by atoms with Crippen LogP contribution in [0.1, 0.15) is 29.4 Å². The van der Waals surface area contributed by atoms with Crippen molar-refractivity contribution < 1.29 is 0 Å². The third-order valence-corrected chi connectivity index (χ3v) is 4.56. The van der Waals surface area contributed by atoms with Gasteiger partial charge in [-0.3, -0.25) is 4.98 Å². The Morgan fingerprint density at radius 1 is 1.21 bits per heavy atom. The highest BCUT2D eigenvalue weighted by atomic mass is 32.2. The lowest BCUT2D eigenvalue weighted by molar-refractivity contribution is 0.505. The smallest absolute Gasteiger partial charge is 0.0545 e. The predicted octanol–water partition coefficient (Wildman–Crippen LogP) is 3.72. The van der Waals surface area contributed by atoms with Gasteiger partial charge in [0, 0.05) is 23.2 Å². The Hall–Kier alpha value is -1.32. The quantitative estimate of drug-likeness (QED) is 0.920. The van der Waals surface area contributed by atoms with Gasteiger partial charge < -0.3 is 5.32 Å². The zero-order valence-electron chi connectivity index (χ0n) is 11.1. The molecule has 0 fully saturated rings. The van der Waals surface area contributed by atoms with Crippen LogP contribution in [0.2, 0.25) is 0 Å². The first-order valence-electron chi connectivity index (χ1n) is 6.70. The third-order valence-electron chi connectivity index (χ3n) is 3.43. The number of rotatable bonds is 3. The molecule has 1 N–H and O–H groups in total. The van der Waals surface area contributed by atoms with Gasteiger partial charge >= 0.3 is 0 Å². The highest BCUT2D eigenvalue weighted by Crippen LogP contribution is 2.35. The largest absolute Gasteiger partial charge is 0.304 e. The molecule has 3 heteroatoms. The van der Waals surface area contributed by atoms with E-state index in [4.69, 9.17) is 0 Å². The number of benzene rings is 1. The van der Waals surface area contributed by atoms with E-state index in [0.29, 0.717) is 6.04 Å². The lowest BCUT2D eigenvalue weighted by Crippen LogP contribution is -2.24. The number of thioether (sulfide) groups is 1. The number of hydrogen-bond acceptors (Lipinski definition) is 3. The second-order valence-corrected chi connectivity index (χ2v) is 6.02. The van der Waals surface area contributed by atoms with Crippen molar-refractivity contribution in [2.75, 3.05) is 5.75 Å². The van der Waals surface area contributed by atoms with Crippen molar-refractivity contribution in [1.82, 2.24) is 10.3 Å². The maximum absolute atomic E-state index is 4.55. The molecule has 3 rings (SSSR count). The van der Waals surface area contributed by atoms with Crippen LogP contribution in [0.15, 0.2) is 47.4 Å². The molecule has 0 aliphatic carbocycles. The predicted molar refractivity (Wildman–Crippen MR) is 80.3 cm³/mol. The molecule has 2 aromatic rings. The fourth-order valence-electron chi connectivity index (χ4n) is 2.48. The molecule has 0 saturated carbocycles. The minimum absolute atomic E-state index is 0.458. The molecule has 1 aromatic carbocycles. The summed E-state index contributed by atoms with van der Waals surface area (Å²) in [4.78, 5) is 5.97. The SMILES string of the molecule is Cc1cccc(CNC2CCSc3ccccc32)n1. The molecular weight excluding hydrogens is 252 g/mol. The van der Waals surface area contributed by atoms with E-state index < -0.39 is 0 Å². The van der Waals surface area contributed by atoms with E-state index in [0.717, 1.165) is 17.9 Å². The van der Waals surface area contributed by atoms with E-state index in [1.54, 1.807) is 0 Å². The molecule has 2 nitrogen and oxygen atoms in total. The molecule has 2 heterocycles. The van der Waals surface area contributed by atoms with Crippen molar-refractivity contribution in [3.8, 4) is 0 Å². The van der Waals surface area contributed by atoms with Crippen LogP contribution >= 0.6 is 11.8 Å². The summed E-state index contributed by atoms with van der Waals surface area (Å²) in [5.41, 5.74) is 3.64. The Morgan fingerprint density at radius 3 is 3.00 bits per heavy atom. The van der Waals surface area contributed by atoms with Gasteiger partial charge in [0.2, 0.25) is 0 Å². The highest BCUT2D eigenvalue weighted by Gasteiger charge is 2.19. The Kier molecular flexibility index (Phi) is 3.85. The molecule has 0 bridgehead atoms. The molecule has 1 aliphatic heterocycles. The number of nitrogens with one attached hydrogen (secondary N) is 1. The number of nitrogens with zero attached hydrogens (tertiary/aromatic N) is 1. The summed E-state index contributed by atoms with van der Waals surface area (Å²) in [6.45, 7) is 2.88. The van der Waals surface area contributed by atoms with E-state index in [1.807, 2.05) is 24.8 Å². The van der Waals surface area contributed by atoms with Gasteiger partial charge in [-0.05, 0) is 42.9 Å². The highest BCUT2D eigenvalue weighted by molar-refractivity contribution is 7.99. The molecule has 0 amide bonds. The van der Waals surface area contributed by atoms with Crippen molar-refractivity contribution in [1.29, 1.82) is 0 Å². The van der Waals surface area contributed by atoms with Gasteiger partial charge in [-0.15, -0.1) is 11.8 Å². The van der Waals surface area contributed by atoms with Crippen LogP contribution < -0.4 is 5.32 Å². The van der Waals surface area contributed by atoms with Crippen molar-refractivity contribution in [3.05, 3.63) is 59.4 Å². The average Bonchev–Trinajstić information content (AvgIpc) is 2.45. The Morgan fingerprint density at radius 2 is 2.11 bits per heavy atom.